The summed E-state index contributed by atoms with van der Waals surface area (Å²) in [6.45, 7) is 4.59. The highest BCUT2D eigenvalue weighted by Gasteiger charge is 2.26. The summed E-state index contributed by atoms with van der Waals surface area (Å²) in [5, 5.41) is 0. The van der Waals surface area contributed by atoms with E-state index in [0.717, 1.165) is 0 Å². The normalized spacial score (nSPS) is 20.2. The van der Waals surface area contributed by atoms with Gasteiger partial charge in [-0.25, -0.2) is 0 Å². The molecule has 0 fully saturated rings. The molecular formula is C11H13S. The van der Waals surface area contributed by atoms with Crippen LogP contribution in [0.2, 0.25) is 0 Å². The Labute approximate surface area is 78.4 Å². The smallest absolute Gasteiger partial charge is 0.0355 e. The number of fused-ring (bicyclic) bond motifs is 1. The van der Waals surface area contributed by atoms with Crippen LogP contribution in [0.3, 0.4) is 0 Å². The van der Waals surface area contributed by atoms with Gasteiger partial charge in [-0.15, -0.1) is 0 Å². The highest BCUT2D eigenvalue weighted by Crippen LogP contribution is 2.41. The third-order valence-corrected chi connectivity index (χ3v) is 3.79. The van der Waals surface area contributed by atoms with Gasteiger partial charge >= 0.3 is 0 Å². The Bertz CT molecular complexity index is 289. The Kier molecular flexibility index (Phi) is 1.91. The van der Waals surface area contributed by atoms with Crippen LogP contribution in [-0.2, 0) is 11.2 Å². The number of rotatable bonds is 0. The first-order chi connectivity index (χ1) is 5.70. The molecule has 0 nitrogen and oxygen atoms in total. The van der Waals surface area contributed by atoms with Crippen molar-refractivity contribution >= 4 is 11.8 Å². The molecular weight excluding hydrogens is 164 g/mol. The van der Waals surface area contributed by atoms with Gasteiger partial charge in [-0.2, -0.15) is 11.8 Å². The third-order valence-electron chi connectivity index (χ3n) is 2.44. The van der Waals surface area contributed by atoms with Crippen LogP contribution in [0.1, 0.15) is 25.0 Å². The predicted molar refractivity (Wildman–Crippen MR) is 54.5 cm³/mol. The Morgan fingerprint density at radius 1 is 1.50 bits per heavy atom. The predicted octanol–water partition coefficient (Wildman–Crippen LogP) is 3.01. The quantitative estimate of drug-likeness (QED) is 0.587. The fraction of sp³-hybridized carbons (Fsp3) is 0.455. The monoisotopic (exact) mass is 177 g/mol. The van der Waals surface area contributed by atoms with Crippen molar-refractivity contribution in [2.24, 2.45) is 0 Å². The van der Waals surface area contributed by atoms with Gasteiger partial charge in [0.1, 0.15) is 0 Å². The van der Waals surface area contributed by atoms with E-state index in [9.17, 15) is 0 Å². The van der Waals surface area contributed by atoms with Gasteiger partial charge in [-0.3, -0.25) is 0 Å². The molecule has 12 heavy (non-hydrogen) atoms. The maximum Gasteiger partial charge on any atom is 0.0355 e. The van der Waals surface area contributed by atoms with Gasteiger partial charge in [-0.05, 0) is 49.3 Å². The summed E-state index contributed by atoms with van der Waals surface area (Å²) >= 11 is 2.04. The summed E-state index contributed by atoms with van der Waals surface area (Å²) in [7, 11) is 0. The van der Waals surface area contributed by atoms with E-state index in [1.807, 2.05) is 17.8 Å². The second kappa shape index (κ2) is 2.81. The van der Waals surface area contributed by atoms with Crippen LogP contribution in [0.25, 0.3) is 0 Å². The van der Waals surface area contributed by atoms with E-state index in [4.69, 9.17) is 0 Å². The van der Waals surface area contributed by atoms with Crippen LogP contribution in [-0.4, -0.2) is 5.75 Å². The lowest BCUT2D eigenvalue weighted by atomic mass is 9.94. The lowest BCUT2D eigenvalue weighted by Crippen LogP contribution is -2.20. The molecule has 1 aliphatic heterocycles. The molecule has 1 aliphatic rings. The molecule has 0 bridgehead atoms. The average Bonchev–Trinajstić information content (AvgIpc) is 2.04. The molecule has 0 aromatic heterocycles. The summed E-state index contributed by atoms with van der Waals surface area (Å²) in [6, 6.07) is 9.53. The number of hydrogen-bond acceptors (Lipinski definition) is 1. The Hall–Kier alpha value is -0.430. The van der Waals surface area contributed by atoms with Crippen molar-refractivity contribution in [1.29, 1.82) is 0 Å². The van der Waals surface area contributed by atoms with E-state index in [-0.39, 0.29) is 0 Å². The Morgan fingerprint density at radius 3 is 3.08 bits per heavy atom. The van der Waals surface area contributed by atoms with Crippen LogP contribution in [0.15, 0.2) is 18.2 Å². The van der Waals surface area contributed by atoms with Crippen molar-refractivity contribution in [2.75, 3.05) is 5.75 Å². The van der Waals surface area contributed by atoms with Crippen molar-refractivity contribution in [2.45, 2.75) is 25.0 Å². The van der Waals surface area contributed by atoms with E-state index in [2.05, 4.69) is 32.0 Å². The molecule has 1 heterocycles. The van der Waals surface area contributed by atoms with Crippen LogP contribution in [0.5, 0.6) is 0 Å². The van der Waals surface area contributed by atoms with E-state index in [1.54, 1.807) is 0 Å². The summed E-state index contributed by atoms with van der Waals surface area (Å²) in [5.74, 6) is 1.25. The minimum atomic E-state index is 0.297. The van der Waals surface area contributed by atoms with Gasteiger partial charge < -0.3 is 0 Å². The highest BCUT2D eigenvalue weighted by molar-refractivity contribution is 8.00. The van der Waals surface area contributed by atoms with Gasteiger partial charge in [0.15, 0.2) is 0 Å². The standard InChI is InChI=1S/C11H13S/c1-11(2)10-6-4-3-5-9(10)7-8-12-11/h3,5-6H,7-8H2,1-2H3. The minimum Gasteiger partial charge on any atom is -0.151 e. The van der Waals surface area contributed by atoms with Crippen LogP contribution >= 0.6 is 11.8 Å². The molecule has 63 valence electrons. The number of hydrogen-bond donors (Lipinski definition) is 0. The number of thioether (sulfide) groups is 1. The molecule has 0 atom stereocenters. The SMILES string of the molecule is CC1(C)SCCc2cc[c]cc21. The molecule has 0 spiro atoms. The fourth-order valence-electron chi connectivity index (χ4n) is 1.73. The van der Waals surface area contributed by atoms with Crippen LogP contribution < -0.4 is 0 Å². The van der Waals surface area contributed by atoms with Gasteiger partial charge in [0.05, 0.1) is 0 Å². The Balaban J connectivity index is 2.52. The second-order valence-corrected chi connectivity index (χ2v) is 5.41. The molecule has 0 aliphatic carbocycles. The zero-order chi connectivity index (χ0) is 8.60. The van der Waals surface area contributed by atoms with Crippen molar-refractivity contribution < 1.29 is 0 Å². The van der Waals surface area contributed by atoms with Crippen molar-refractivity contribution in [3.8, 4) is 0 Å². The lowest BCUT2D eigenvalue weighted by molar-refractivity contribution is 0.751. The first-order valence-corrected chi connectivity index (χ1v) is 5.32. The van der Waals surface area contributed by atoms with E-state index >= 15 is 0 Å². The molecule has 0 saturated carbocycles. The lowest BCUT2D eigenvalue weighted by Gasteiger charge is -2.31. The van der Waals surface area contributed by atoms with E-state index in [0.29, 0.717) is 4.75 Å². The summed E-state index contributed by atoms with van der Waals surface area (Å²) < 4.78 is 0.297. The minimum absolute atomic E-state index is 0.297. The van der Waals surface area contributed by atoms with Gasteiger partial charge in [0.25, 0.3) is 0 Å². The summed E-state index contributed by atoms with van der Waals surface area (Å²) in [4.78, 5) is 0. The molecule has 0 unspecified atom stereocenters. The summed E-state index contributed by atoms with van der Waals surface area (Å²) in [6.07, 6.45) is 1.22. The van der Waals surface area contributed by atoms with E-state index < -0.39 is 0 Å². The molecule has 1 heteroatoms. The highest BCUT2D eigenvalue weighted by atomic mass is 32.2. The van der Waals surface area contributed by atoms with Crippen LogP contribution in [0, 0.1) is 6.07 Å². The molecule has 0 saturated heterocycles. The molecule has 0 amide bonds. The molecule has 1 radical (unpaired) electrons. The van der Waals surface area contributed by atoms with Gasteiger partial charge in [-0.1, -0.05) is 12.1 Å². The van der Waals surface area contributed by atoms with Crippen molar-refractivity contribution in [1.82, 2.24) is 0 Å². The van der Waals surface area contributed by atoms with E-state index in [1.165, 1.54) is 23.3 Å². The second-order valence-electron chi connectivity index (χ2n) is 3.69. The van der Waals surface area contributed by atoms with Crippen molar-refractivity contribution in [3.05, 3.63) is 35.4 Å². The maximum absolute atomic E-state index is 3.16. The number of benzene rings is 1. The first-order valence-electron chi connectivity index (χ1n) is 4.33. The first kappa shape index (κ1) is 8.18. The van der Waals surface area contributed by atoms with Gasteiger partial charge in [0.2, 0.25) is 0 Å². The Morgan fingerprint density at radius 2 is 2.33 bits per heavy atom. The average molecular weight is 177 g/mol. The van der Waals surface area contributed by atoms with Crippen LogP contribution in [0.4, 0.5) is 0 Å². The largest absolute Gasteiger partial charge is 0.151 e. The molecule has 2 rings (SSSR count). The van der Waals surface area contributed by atoms with Crippen molar-refractivity contribution in [3.63, 3.8) is 0 Å². The van der Waals surface area contributed by atoms with Gasteiger partial charge in [0, 0.05) is 4.75 Å². The summed E-state index contributed by atoms with van der Waals surface area (Å²) in [5.41, 5.74) is 2.98. The third kappa shape index (κ3) is 1.27. The fourth-order valence-corrected chi connectivity index (χ4v) is 2.91. The molecule has 1 aromatic rings. The topological polar surface area (TPSA) is 0 Å². The number of aryl methyl sites for hydroxylation is 1. The zero-order valence-electron chi connectivity index (χ0n) is 7.55. The molecule has 0 N–H and O–H groups in total. The zero-order valence-corrected chi connectivity index (χ0v) is 8.37. The maximum atomic E-state index is 3.16. The molecule has 1 aromatic carbocycles.